The van der Waals surface area contributed by atoms with Crippen LogP contribution in [0.1, 0.15) is 25.7 Å². The van der Waals surface area contributed by atoms with Crippen molar-refractivity contribution in [1.29, 1.82) is 0 Å². The minimum Gasteiger partial charge on any atom is -0.324 e. The van der Waals surface area contributed by atoms with Crippen LogP contribution in [0.2, 0.25) is 0 Å². The van der Waals surface area contributed by atoms with E-state index in [1.54, 1.807) is 0 Å². The zero-order chi connectivity index (χ0) is 36.1. The minimum atomic E-state index is -6.42. The summed E-state index contributed by atoms with van der Waals surface area (Å²) in [7, 11) is -51.4. The highest BCUT2D eigenvalue weighted by molar-refractivity contribution is 7.74. The van der Waals surface area contributed by atoms with Crippen molar-refractivity contribution in [2.24, 2.45) is 11.5 Å². The molecule has 26 nitrogen and oxygen atoms in total. The number of nitrogens with two attached hydrogens (primary N) is 2. The van der Waals surface area contributed by atoms with E-state index < -0.39 is 119 Å². The van der Waals surface area contributed by atoms with Crippen molar-refractivity contribution >= 4 is 60.8 Å². The van der Waals surface area contributed by atoms with E-state index in [0.717, 1.165) is 0 Å². The molecule has 0 amide bonds. The predicted molar refractivity (Wildman–Crippen MR) is 144 cm³/mol. The molecule has 0 bridgehead atoms. The molecule has 0 radical (unpaired) electrons. The summed E-state index contributed by atoms with van der Waals surface area (Å²) in [6.07, 6.45) is -6.02. The third-order valence-electron chi connectivity index (χ3n) is 5.94. The molecule has 0 fully saturated rings. The van der Waals surface area contributed by atoms with E-state index in [-0.39, 0.29) is 0 Å². The van der Waals surface area contributed by atoms with Gasteiger partial charge in [0.25, 0.3) is 0 Å². The molecule has 266 valence electrons. The summed E-state index contributed by atoms with van der Waals surface area (Å²) in [4.78, 5) is 153. The quantitative estimate of drug-likeness (QED) is 0.0504. The van der Waals surface area contributed by atoms with Gasteiger partial charge >= 0.3 is 60.8 Å². The van der Waals surface area contributed by atoms with E-state index in [2.05, 4.69) is 0 Å². The molecule has 0 atom stereocenters. The highest BCUT2D eigenvalue weighted by Gasteiger charge is 2.69. The number of rotatable bonds is 17. The lowest BCUT2D eigenvalue weighted by atomic mass is 9.92. The fourth-order valence-electron chi connectivity index (χ4n) is 4.93. The van der Waals surface area contributed by atoms with Crippen molar-refractivity contribution < 1.29 is 115 Å². The van der Waals surface area contributed by atoms with Crippen LogP contribution in [0.3, 0.4) is 0 Å². The van der Waals surface area contributed by atoms with Gasteiger partial charge in [-0.15, -0.1) is 0 Å². The van der Waals surface area contributed by atoms with Gasteiger partial charge in [0.1, 0.15) is 0 Å². The van der Waals surface area contributed by atoms with Gasteiger partial charge in [0, 0.05) is 0 Å². The van der Waals surface area contributed by atoms with Gasteiger partial charge in [-0.25, -0.2) is 0 Å². The largest absolute Gasteiger partial charge is 0.342 e. The fraction of sp³-hybridized carbons (Fsp3) is 1.00. The number of hydrogen-bond donors (Lipinski definition) is 18. The molecule has 44 heavy (non-hydrogen) atoms. The Balaban J connectivity index is 7.41. The topological polar surface area (TPSA) is 512 Å². The van der Waals surface area contributed by atoms with E-state index in [0.29, 0.717) is 0 Å². The molecule has 0 unspecified atom stereocenters. The first kappa shape index (κ1) is 45.1. The highest BCUT2D eigenvalue weighted by atomic mass is 31.3. The van der Waals surface area contributed by atoms with Crippen molar-refractivity contribution in [3.05, 3.63) is 0 Å². The summed E-state index contributed by atoms with van der Waals surface area (Å²) in [5.74, 6) is 0. The average molecular weight is 812 g/mol. The Labute approximate surface area is 245 Å². The van der Waals surface area contributed by atoms with Crippen LogP contribution in [0, 0.1) is 0 Å². The molecule has 0 saturated carbocycles. The van der Waals surface area contributed by atoms with Crippen molar-refractivity contribution in [1.82, 2.24) is 0 Å². The summed E-state index contributed by atoms with van der Waals surface area (Å²) in [6.45, 7) is 0. The van der Waals surface area contributed by atoms with Crippen LogP contribution in [0.4, 0.5) is 0 Å². The van der Waals surface area contributed by atoms with Crippen LogP contribution in [-0.2, 0) is 36.5 Å². The lowest BCUT2D eigenvalue weighted by Gasteiger charge is -2.44. The van der Waals surface area contributed by atoms with Gasteiger partial charge in [0.2, 0.25) is 0 Å². The molecule has 0 aliphatic heterocycles. The van der Waals surface area contributed by atoms with Gasteiger partial charge in [-0.2, -0.15) is 0 Å². The molecule has 20 N–H and O–H groups in total. The second-order valence-electron chi connectivity index (χ2n) is 9.64. The third-order valence-corrected chi connectivity index (χ3v) is 22.1. The summed E-state index contributed by atoms with van der Waals surface area (Å²) < 4.78 is 96.4. The molecule has 0 saturated heterocycles. The molecule has 0 rings (SSSR count). The Hall–Kier alpha value is 1.12. The molecule has 0 heterocycles. The van der Waals surface area contributed by atoms with Crippen LogP contribution in [0.5, 0.6) is 0 Å². The lowest BCUT2D eigenvalue weighted by molar-refractivity contribution is 0.245. The maximum Gasteiger partial charge on any atom is 0.342 e. The van der Waals surface area contributed by atoms with Gasteiger partial charge in [0.15, 0.2) is 21.6 Å². The molecule has 0 aromatic rings. The molecule has 0 aliphatic rings. The van der Waals surface area contributed by atoms with Crippen molar-refractivity contribution in [2.45, 2.75) is 58.4 Å². The SMILES string of the molecule is NC(CCCCC(N)(C(P(=O)(O)O)P(=O)(O)O)C(P(=O)(O)O)P(=O)(O)O)(C(P(=O)(O)O)P(=O)(O)O)C(P(=O)(O)O)P(=O)(O)O. The number of hydrogen-bond acceptors (Lipinski definition) is 10. The maximum absolute atomic E-state index is 12.0. The van der Waals surface area contributed by atoms with Gasteiger partial charge in [-0.05, 0) is 12.8 Å². The van der Waals surface area contributed by atoms with Crippen molar-refractivity contribution in [3.63, 3.8) is 0 Å². The van der Waals surface area contributed by atoms with Crippen LogP contribution in [0.15, 0.2) is 0 Å². The fourth-order valence-corrected chi connectivity index (χ4v) is 19.4. The lowest BCUT2D eigenvalue weighted by Crippen LogP contribution is -2.59. The molecule has 0 spiro atoms. The molecule has 0 aromatic heterocycles. The molecular formula is C10H32N2O24P8. The minimum absolute atomic E-state index is 1.29. The van der Waals surface area contributed by atoms with Gasteiger partial charge in [-0.1, -0.05) is 12.8 Å². The first-order chi connectivity index (χ1) is 18.7. The molecule has 0 aromatic carbocycles. The Kier molecular flexibility index (Phi) is 14.1. The summed E-state index contributed by atoms with van der Waals surface area (Å²) in [6, 6.07) is 0. The Morgan fingerprint density at radius 2 is 0.455 bits per heavy atom. The van der Waals surface area contributed by atoms with Crippen molar-refractivity contribution in [2.75, 3.05) is 0 Å². The van der Waals surface area contributed by atoms with Gasteiger partial charge in [-0.3, -0.25) is 36.5 Å². The molecule has 0 aliphatic carbocycles. The summed E-state index contributed by atoms with van der Waals surface area (Å²) in [5, 5.41) is -15.2. The van der Waals surface area contributed by atoms with E-state index in [1.165, 1.54) is 0 Å². The standard InChI is InChI=1S/C10H32N2O24P8/c11-9(5(37(13,14)15)38(16,17)18,6(39(19,20)21)40(22,23)24)3-1-2-4-10(12,7(41(25,26)27)42(28,29)30)8(43(31,32)33)44(34,35)36/h5-8H,1-4,11-12H2,(H2,13,14,15)(H2,16,17,18)(H2,19,20,21)(H2,22,23,24)(H2,25,26,27)(H2,28,29,30)(H2,31,32,33)(H2,34,35,36). The first-order valence-corrected chi connectivity index (χ1v) is 24.1. The molecule has 34 heteroatoms. The zero-order valence-corrected chi connectivity index (χ0v) is 28.4. The van der Waals surface area contributed by atoms with E-state index in [4.69, 9.17) is 11.5 Å². The monoisotopic (exact) mass is 812 g/mol. The van der Waals surface area contributed by atoms with Crippen LogP contribution in [0.25, 0.3) is 0 Å². The highest BCUT2D eigenvalue weighted by Crippen LogP contribution is 2.74. The van der Waals surface area contributed by atoms with Crippen LogP contribution >= 0.6 is 60.8 Å². The molecular weight excluding hydrogens is 780 g/mol. The Morgan fingerprint density at radius 1 is 0.341 bits per heavy atom. The predicted octanol–water partition coefficient (Wildman–Crippen LogP) is -3.33. The van der Waals surface area contributed by atoms with E-state index >= 15 is 0 Å². The van der Waals surface area contributed by atoms with Gasteiger partial charge < -0.3 is 89.8 Å². The van der Waals surface area contributed by atoms with Crippen LogP contribution in [-0.4, -0.2) is 111 Å². The van der Waals surface area contributed by atoms with Crippen LogP contribution < -0.4 is 11.5 Å². The zero-order valence-electron chi connectivity index (χ0n) is 21.3. The normalized spacial score (nSPS) is 16.0. The van der Waals surface area contributed by atoms with Crippen molar-refractivity contribution in [3.8, 4) is 0 Å². The number of unbranched alkanes of at least 4 members (excludes halogenated alkanes) is 1. The third kappa shape index (κ3) is 11.3. The Morgan fingerprint density at radius 3 is 0.545 bits per heavy atom. The second-order valence-corrected chi connectivity index (χ2v) is 24.8. The van der Waals surface area contributed by atoms with E-state index in [1.807, 2.05) is 0 Å². The van der Waals surface area contributed by atoms with Gasteiger partial charge in [0.05, 0.1) is 11.1 Å². The summed E-state index contributed by atoms with van der Waals surface area (Å²) >= 11 is 0. The average Bonchev–Trinajstić information content (AvgIpc) is 2.54. The summed E-state index contributed by atoms with van der Waals surface area (Å²) in [5.41, 5.74) is 3.17. The smallest absolute Gasteiger partial charge is 0.324 e. The first-order valence-electron chi connectivity index (χ1n) is 10.7. The van der Waals surface area contributed by atoms with E-state index in [9.17, 15) is 115 Å². The Bertz CT molecular complexity index is 1140. The maximum atomic E-state index is 12.0. The second kappa shape index (κ2) is 13.8.